The number of amides is 1. The van der Waals surface area contributed by atoms with Crippen LogP contribution in [0.4, 0.5) is 5.69 Å². The molecule has 1 aromatic heterocycles. The molecule has 2 bridgehead atoms. The van der Waals surface area contributed by atoms with Crippen LogP contribution in [0, 0.1) is 0 Å². The first kappa shape index (κ1) is 11.8. The minimum Gasteiger partial charge on any atom is -0.399 e. The van der Waals surface area contributed by atoms with Crippen molar-refractivity contribution < 1.29 is 9.53 Å². The predicted octanol–water partition coefficient (Wildman–Crippen LogP) is 1.75. The molecule has 2 fully saturated rings. The van der Waals surface area contributed by atoms with Crippen LogP contribution in [0.15, 0.2) is 24.4 Å². The van der Waals surface area contributed by atoms with Crippen LogP contribution in [0.2, 0.25) is 0 Å². The lowest BCUT2D eigenvalue weighted by molar-refractivity contribution is -0.0302. The molecule has 0 aliphatic carbocycles. The van der Waals surface area contributed by atoms with Gasteiger partial charge in [-0.2, -0.15) is 0 Å². The summed E-state index contributed by atoms with van der Waals surface area (Å²) in [7, 11) is 0. The van der Waals surface area contributed by atoms with Gasteiger partial charge in [0, 0.05) is 35.9 Å². The first-order chi connectivity index (χ1) is 9.70. The molecule has 2 aromatic rings. The average Bonchev–Trinajstić information content (AvgIpc) is 3.00. The topological polar surface area (TPSA) is 71.3 Å². The van der Waals surface area contributed by atoms with Crippen molar-refractivity contribution >= 4 is 22.5 Å². The number of aromatic amines is 1. The van der Waals surface area contributed by atoms with E-state index in [9.17, 15) is 4.79 Å². The maximum atomic E-state index is 12.7. The number of hydrogen-bond donors (Lipinski definition) is 2. The fourth-order valence-electron chi connectivity index (χ4n) is 3.27. The molecular formula is C15H17N3O2. The summed E-state index contributed by atoms with van der Waals surface area (Å²) in [6.45, 7) is 1.41. The Morgan fingerprint density at radius 1 is 1.30 bits per heavy atom. The van der Waals surface area contributed by atoms with Crippen LogP contribution in [-0.2, 0) is 4.74 Å². The number of hydrogen-bond acceptors (Lipinski definition) is 3. The molecule has 2 saturated heterocycles. The highest BCUT2D eigenvalue weighted by molar-refractivity contribution is 6.07. The maximum Gasteiger partial charge on any atom is 0.256 e. The third-order valence-corrected chi connectivity index (χ3v) is 4.27. The smallest absolute Gasteiger partial charge is 0.256 e. The molecular weight excluding hydrogens is 254 g/mol. The lowest BCUT2D eigenvalue weighted by atomic mass is 10.1. The van der Waals surface area contributed by atoms with E-state index in [1.54, 1.807) is 6.20 Å². The molecule has 0 radical (unpaired) electrons. The van der Waals surface area contributed by atoms with Crippen molar-refractivity contribution in [1.82, 2.24) is 9.88 Å². The highest BCUT2D eigenvalue weighted by Gasteiger charge is 2.36. The molecule has 20 heavy (non-hydrogen) atoms. The van der Waals surface area contributed by atoms with Gasteiger partial charge in [-0.25, -0.2) is 0 Å². The normalized spacial score (nSPS) is 25.3. The fourth-order valence-corrected chi connectivity index (χ4v) is 3.27. The molecule has 5 heteroatoms. The molecule has 1 amide bonds. The lowest BCUT2D eigenvalue weighted by Crippen LogP contribution is -2.45. The van der Waals surface area contributed by atoms with Gasteiger partial charge in [-0.15, -0.1) is 0 Å². The quantitative estimate of drug-likeness (QED) is 0.776. The van der Waals surface area contributed by atoms with Crippen LogP contribution in [0.25, 0.3) is 10.9 Å². The van der Waals surface area contributed by atoms with E-state index >= 15 is 0 Å². The molecule has 2 aliphatic rings. The highest BCUT2D eigenvalue weighted by Crippen LogP contribution is 2.28. The van der Waals surface area contributed by atoms with Gasteiger partial charge in [-0.1, -0.05) is 0 Å². The van der Waals surface area contributed by atoms with Gasteiger partial charge in [-0.05, 0) is 31.0 Å². The number of nitrogen functional groups attached to an aromatic ring is 1. The minimum atomic E-state index is 0.0845. The molecule has 2 aliphatic heterocycles. The molecule has 0 saturated carbocycles. The number of likely N-dealkylation sites (tertiary alicyclic amines) is 1. The van der Waals surface area contributed by atoms with Crippen LogP contribution < -0.4 is 5.73 Å². The van der Waals surface area contributed by atoms with Crippen molar-refractivity contribution in [2.24, 2.45) is 0 Å². The predicted molar refractivity (Wildman–Crippen MR) is 76.5 cm³/mol. The number of aromatic nitrogens is 1. The summed E-state index contributed by atoms with van der Waals surface area (Å²) in [6.07, 6.45) is 4.36. The van der Waals surface area contributed by atoms with Crippen LogP contribution in [0.3, 0.4) is 0 Å². The van der Waals surface area contributed by atoms with Crippen LogP contribution in [0.1, 0.15) is 23.2 Å². The third-order valence-electron chi connectivity index (χ3n) is 4.27. The summed E-state index contributed by atoms with van der Waals surface area (Å²) >= 11 is 0. The minimum absolute atomic E-state index is 0.0845. The summed E-state index contributed by atoms with van der Waals surface area (Å²) in [5.41, 5.74) is 8.09. The van der Waals surface area contributed by atoms with Crippen molar-refractivity contribution in [1.29, 1.82) is 0 Å². The monoisotopic (exact) mass is 271 g/mol. The number of nitrogens with two attached hydrogens (primary N) is 1. The number of benzene rings is 1. The van der Waals surface area contributed by atoms with Gasteiger partial charge >= 0.3 is 0 Å². The summed E-state index contributed by atoms with van der Waals surface area (Å²) in [6, 6.07) is 5.59. The van der Waals surface area contributed by atoms with E-state index in [1.807, 2.05) is 23.1 Å². The molecule has 3 heterocycles. The first-order valence-corrected chi connectivity index (χ1v) is 7.02. The maximum absolute atomic E-state index is 12.7. The van der Waals surface area contributed by atoms with Gasteiger partial charge in [0.25, 0.3) is 5.91 Å². The number of H-pyrrole nitrogens is 1. The van der Waals surface area contributed by atoms with Crippen molar-refractivity contribution in [2.75, 3.05) is 18.8 Å². The number of nitrogens with one attached hydrogen (secondary N) is 1. The molecule has 3 N–H and O–H groups in total. The number of carbonyl (C=O) groups excluding carboxylic acids is 1. The molecule has 5 nitrogen and oxygen atoms in total. The van der Waals surface area contributed by atoms with E-state index in [0.29, 0.717) is 18.8 Å². The Kier molecular flexibility index (Phi) is 2.50. The Hall–Kier alpha value is -2.01. The Bertz CT molecular complexity index is 667. The second-order valence-corrected chi connectivity index (χ2v) is 5.67. The van der Waals surface area contributed by atoms with Crippen molar-refractivity contribution in [3.8, 4) is 0 Å². The zero-order valence-corrected chi connectivity index (χ0v) is 11.1. The van der Waals surface area contributed by atoms with Gasteiger partial charge in [0.15, 0.2) is 0 Å². The Morgan fingerprint density at radius 3 is 2.80 bits per heavy atom. The number of ether oxygens (including phenoxy) is 1. The summed E-state index contributed by atoms with van der Waals surface area (Å²) in [4.78, 5) is 17.7. The number of rotatable bonds is 1. The van der Waals surface area contributed by atoms with Gasteiger partial charge in [0.2, 0.25) is 0 Å². The second-order valence-electron chi connectivity index (χ2n) is 5.67. The Morgan fingerprint density at radius 2 is 2.05 bits per heavy atom. The number of carbonyl (C=O) groups is 1. The van der Waals surface area contributed by atoms with E-state index in [4.69, 9.17) is 10.5 Å². The van der Waals surface area contributed by atoms with E-state index in [0.717, 1.165) is 29.3 Å². The SMILES string of the molecule is Nc1ccc2c(C(=O)N3CC4CCC(C3)O4)c[nH]c2c1. The van der Waals surface area contributed by atoms with Crippen molar-refractivity contribution in [3.05, 3.63) is 30.0 Å². The lowest BCUT2D eigenvalue weighted by Gasteiger charge is -2.32. The molecule has 0 spiro atoms. The van der Waals surface area contributed by atoms with E-state index < -0.39 is 0 Å². The number of fused-ring (bicyclic) bond motifs is 3. The second kappa shape index (κ2) is 4.24. The average molecular weight is 271 g/mol. The standard InChI is InChI=1S/C15H17N3O2/c16-9-1-4-12-13(6-17-14(12)5-9)15(19)18-7-10-2-3-11(8-18)20-10/h1,4-6,10-11,17H,2-3,7-8,16H2. The largest absolute Gasteiger partial charge is 0.399 e. The fraction of sp³-hybridized carbons (Fsp3) is 0.400. The van der Waals surface area contributed by atoms with Gasteiger partial charge in [0.1, 0.15) is 0 Å². The number of morpholine rings is 1. The number of anilines is 1. The van der Waals surface area contributed by atoms with E-state index in [-0.39, 0.29) is 18.1 Å². The van der Waals surface area contributed by atoms with Gasteiger partial charge in [0.05, 0.1) is 17.8 Å². The molecule has 2 atom stereocenters. The van der Waals surface area contributed by atoms with Gasteiger partial charge < -0.3 is 20.4 Å². The Balaban J connectivity index is 1.67. The molecule has 2 unspecified atom stereocenters. The highest BCUT2D eigenvalue weighted by atomic mass is 16.5. The Labute approximate surface area is 116 Å². The van der Waals surface area contributed by atoms with Crippen LogP contribution >= 0.6 is 0 Å². The van der Waals surface area contributed by atoms with E-state index in [2.05, 4.69) is 4.98 Å². The summed E-state index contributed by atoms with van der Waals surface area (Å²) in [5.74, 6) is 0.0845. The molecule has 104 valence electrons. The van der Waals surface area contributed by atoms with Crippen LogP contribution in [-0.4, -0.2) is 41.1 Å². The zero-order chi connectivity index (χ0) is 13.7. The number of nitrogens with zero attached hydrogens (tertiary/aromatic N) is 1. The first-order valence-electron chi connectivity index (χ1n) is 7.02. The van der Waals surface area contributed by atoms with E-state index in [1.165, 1.54) is 0 Å². The molecule has 4 rings (SSSR count). The van der Waals surface area contributed by atoms with Crippen molar-refractivity contribution in [2.45, 2.75) is 25.0 Å². The summed E-state index contributed by atoms with van der Waals surface area (Å²) < 4.78 is 5.78. The molecule has 1 aromatic carbocycles. The van der Waals surface area contributed by atoms with Crippen molar-refractivity contribution in [3.63, 3.8) is 0 Å². The van der Waals surface area contributed by atoms with Gasteiger partial charge in [-0.3, -0.25) is 4.79 Å². The summed E-state index contributed by atoms with van der Waals surface area (Å²) in [5, 5.41) is 0.933. The van der Waals surface area contributed by atoms with Crippen LogP contribution in [0.5, 0.6) is 0 Å². The zero-order valence-electron chi connectivity index (χ0n) is 11.1. The third kappa shape index (κ3) is 1.78.